The molecule has 1 aliphatic heterocycles. The van der Waals surface area contributed by atoms with E-state index in [1.165, 1.54) is 5.56 Å². The summed E-state index contributed by atoms with van der Waals surface area (Å²) in [6.45, 7) is 1.34. The molecule has 0 aromatic heterocycles. The molecular formula is C31H38N2O6. The molecule has 0 radical (unpaired) electrons. The summed E-state index contributed by atoms with van der Waals surface area (Å²) in [5.41, 5.74) is 6.57. The first kappa shape index (κ1) is 28.4. The van der Waals surface area contributed by atoms with Gasteiger partial charge in [0.15, 0.2) is 0 Å². The van der Waals surface area contributed by atoms with Gasteiger partial charge in [-0.1, -0.05) is 60.7 Å². The number of ether oxygens (including phenoxy) is 2. The zero-order valence-corrected chi connectivity index (χ0v) is 22.3. The van der Waals surface area contributed by atoms with Gasteiger partial charge in [0.2, 0.25) is 5.91 Å². The normalized spacial score (nSPS) is 21.8. The molecule has 1 heterocycles. The Labute approximate surface area is 229 Å². The predicted molar refractivity (Wildman–Crippen MR) is 147 cm³/mol. The molecule has 1 fully saturated rings. The molecule has 1 amide bonds. The third kappa shape index (κ3) is 6.87. The number of benzene rings is 2. The summed E-state index contributed by atoms with van der Waals surface area (Å²) in [6.07, 6.45) is 7.42. The summed E-state index contributed by atoms with van der Waals surface area (Å²) in [7, 11) is 0. The summed E-state index contributed by atoms with van der Waals surface area (Å²) >= 11 is 0. The summed E-state index contributed by atoms with van der Waals surface area (Å²) in [5, 5.41) is 10.0. The minimum atomic E-state index is -1.30. The third-order valence-electron chi connectivity index (χ3n) is 7.94. The van der Waals surface area contributed by atoms with Crippen molar-refractivity contribution >= 4 is 17.8 Å². The van der Waals surface area contributed by atoms with Crippen molar-refractivity contribution < 1.29 is 29.0 Å². The molecular weight excluding hydrogens is 496 g/mol. The lowest BCUT2D eigenvalue weighted by Gasteiger charge is -2.48. The lowest BCUT2D eigenvalue weighted by atomic mass is 9.73. The van der Waals surface area contributed by atoms with E-state index in [0.29, 0.717) is 39.0 Å². The second-order valence-electron chi connectivity index (χ2n) is 10.3. The number of carbonyl (C=O) groups is 3. The summed E-state index contributed by atoms with van der Waals surface area (Å²) in [6, 6.07) is 18.3. The molecule has 0 bridgehead atoms. The van der Waals surface area contributed by atoms with Gasteiger partial charge in [-0.25, -0.2) is 0 Å². The van der Waals surface area contributed by atoms with Gasteiger partial charge < -0.3 is 20.3 Å². The SMILES string of the molecule is NC(=O)C1CCN(C2(C(=O)OCCCOc3ccccc3CCc3ccccc3)CC=CCC2C(=O)O)CC1. The lowest BCUT2D eigenvalue weighted by Crippen LogP contribution is -2.64. The van der Waals surface area contributed by atoms with E-state index < -0.39 is 23.4 Å². The van der Waals surface area contributed by atoms with E-state index in [-0.39, 0.29) is 31.3 Å². The Morgan fingerprint density at radius 2 is 1.67 bits per heavy atom. The number of carboxylic acid groups (broad SMARTS) is 1. The highest BCUT2D eigenvalue weighted by molar-refractivity contribution is 5.89. The van der Waals surface area contributed by atoms with Crippen LogP contribution in [0.25, 0.3) is 0 Å². The van der Waals surface area contributed by atoms with Crippen LogP contribution in [0.2, 0.25) is 0 Å². The summed E-state index contributed by atoms with van der Waals surface area (Å²) < 4.78 is 11.8. The predicted octanol–water partition coefficient (Wildman–Crippen LogP) is 3.77. The number of amides is 1. The van der Waals surface area contributed by atoms with E-state index in [2.05, 4.69) is 18.2 Å². The van der Waals surface area contributed by atoms with Crippen molar-refractivity contribution in [3.05, 3.63) is 77.9 Å². The van der Waals surface area contributed by atoms with Crippen LogP contribution < -0.4 is 10.5 Å². The number of aryl methyl sites for hydroxylation is 2. The number of carboxylic acids is 1. The lowest BCUT2D eigenvalue weighted by molar-refractivity contribution is -0.173. The second kappa shape index (κ2) is 13.4. The van der Waals surface area contributed by atoms with Crippen molar-refractivity contribution in [3.63, 3.8) is 0 Å². The smallest absolute Gasteiger partial charge is 0.327 e. The van der Waals surface area contributed by atoms with Crippen molar-refractivity contribution in [1.29, 1.82) is 0 Å². The highest BCUT2D eigenvalue weighted by Crippen LogP contribution is 2.39. The van der Waals surface area contributed by atoms with E-state index in [9.17, 15) is 19.5 Å². The molecule has 2 unspecified atom stereocenters. The van der Waals surface area contributed by atoms with Crippen molar-refractivity contribution in [2.24, 2.45) is 17.6 Å². The molecule has 8 heteroatoms. The number of rotatable bonds is 12. The van der Waals surface area contributed by atoms with Gasteiger partial charge in [0.05, 0.1) is 19.1 Å². The minimum Gasteiger partial charge on any atom is -0.493 e. The molecule has 2 aromatic carbocycles. The number of primary amides is 1. The van der Waals surface area contributed by atoms with Crippen molar-refractivity contribution in [2.75, 3.05) is 26.3 Å². The van der Waals surface area contributed by atoms with Crippen LogP contribution in [0.3, 0.4) is 0 Å². The Morgan fingerprint density at radius 1 is 0.949 bits per heavy atom. The Bertz CT molecular complexity index is 1160. The van der Waals surface area contributed by atoms with Crippen molar-refractivity contribution in [2.45, 2.75) is 50.5 Å². The molecule has 2 aliphatic rings. The zero-order valence-electron chi connectivity index (χ0n) is 22.3. The van der Waals surface area contributed by atoms with Crippen molar-refractivity contribution in [1.82, 2.24) is 4.90 Å². The first-order chi connectivity index (χ1) is 18.9. The molecule has 2 aromatic rings. The number of carbonyl (C=O) groups excluding carboxylic acids is 2. The second-order valence-corrected chi connectivity index (χ2v) is 10.3. The van der Waals surface area contributed by atoms with Gasteiger partial charge in [0, 0.05) is 25.4 Å². The largest absolute Gasteiger partial charge is 0.493 e. The Balaban J connectivity index is 1.33. The van der Waals surface area contributed by atoms with Crippen LogP contribution in [-0.2, 0) is 32.0 Å². The number of nitrogens with two attached hydrogens (primary N) is 1. The van der Waals surface area contributed by atoms with Crippen LogP contribution in [0.1, 0.15) is 43.2 Å². The van der Waals surface area contributed by atoms with E-state index in [1.54, 1.807) is 0 Å². The van der Waals surface area contributed by atoms with E-state index in [4.69, 9.17) is 15.2 Å². The average Bonchev–Trinajstić information content (AvgIpc) is 2.96. The zero-order chi connectivity index (χ0) is 27.7. The van der Waals surface area contributed by atoms with E-state index in [0.717, 1.165) is 24.2 Å². The number of likely N-dealkylation sites (tertiary alicyclic amines) is 1. The van der Waals surface area contributed by atoms with Gasteiger partial charge in [-0.2, -0.15) is 0 Å². The van der Waals surface area contributed by atoms with Gasteiger partial charge in [0.25, 0.3) is 0 Å². The third-order valence-corrected chi connectivity index (χ3v) is 7.94. The van der Waals surface area contributed by atoms with Gasteiger partial charge in [0.1, 0.15) is 11.3 Å². The van der Waals surface area contributed by atoms with Gasteiger partial charge in [-0.3, -0.25) is 19.3 Å². The molecule has 3 N–H and O–H groups in total. The fraction of sp³-hybridized carbons (Fsp3) is 0.452. The first-order valence-corrected chi connectivity index (χ1v) is 13.8. The maximum Gasteiger partial charge on any atom is 0.327 e. The van der Waals surface area contributed by atoms with Crippen LogP contribution in [-0.4, -0.2) is 59.7 Å². The molecule has 4 rings (SSSR count). The maximum absolute atomic E-state index is 13.6. The van der Waals surface area contributed by atoms with Crippen LogP contribution in [0.4, 0.5) is 0 Å². The van der Waals surface area contributed by atoms with E-state index in [1.807, 2.05) is 53.5 Å². The summed E-state index contributed by atoms with van der Waals surface area (Å²) in [5.74, 6) is -2.27. The van der Waals surface area contributed by atoms with Crippen molar-refractivity contribution in [3.8, 4) is 5.75 Å². The van der Waals surface area contributed by atoms with Gasteiger partial charge in [-0.05, 0) is 55.7 Å². The number of aliphatic carboxylic acids is 1. The molecule has 0 saturated carbocycles. The quantitative estimate of drug-likeness (QED) is 0.242. The number of piperidine rings is 1. The number of para-hydroxylation sites is 1. The van der Waals surface area contributed by atoms with E-state index >= 15 is 0 Å². The standard InChI is InChI=1S/C31H38N2O6/c32-28(34)25-16-19-33(20-17-25)31(18-7-6-12-26(31)29(35)36)30(37)39-22-8-21-38-27-13-5-4-11-24(27)15-14-23-9-2-1-3-10-23/h1-7,9-11,13,25-26H,8,12,14-22H2,(H2,32,34)(H,35,36). The number of nitrogens with zero attached hydrogens (tertiary/aromatic N) is 1. The van der Waals surface area contributed by atoms with Crippen LogP contribution >= 0.6 is 0 Å². The molecule has 1 saturated heterocycles. The van der Waals surface area contributed by atoms with Gasteiger partial charge in [-0.15, -0.1) is 0 Å². The van der Waals surface area contributed by atoms with Crippen LogP contribution in [0.5, 0.6) is 5.75 Å². The Hall–Kier alpha value is -3.65. The van der Waals surface area contributed by atoms with Gasteiger partial charge >= 0.3 is 11.9 Å². The number of hydrogen-bond donors (Lipinski definition) is 2. The average molecular weight is 535 g/mol. The molecule has 0 spiro atoms. The molecule has 39 heavy (non-hydrogen) atoms. The highest BCUT2D eigenvalue weighted by Gasteiger charge is 2.55. The molecule has 208 valence electrons. The summed E-state index contributed by atoms with van der Waals surface area (Å²) in [4.78, 5) is 39.3. The van der Waals surface area contributed by atoms with Crippen LogP contribution in [0.15, 0.2) is 66.7 Å². The number of allylic oxidation sites excluding steroid dienone is 1. The Morgan fingerprint density at radius 3 is 2.38 bits per heavy atom. The molecule has 8 nitrogen and oxygen atoms in total. The first-order valence-electron chi connectivity index (χ1n) is 13.8. The number of esters is 1. The minimum absolute atomic E-state index is 0.126. The fourth-order valence-electron chi connectivity index (χ4n) is 5.71. The molecule has 1 aliphatic carbocycles. The Kier molecular flexibility index (Phi) is 9.76. The number of hydrogen-bond acceptors (Lipinski definition) is 6. The fourth-order valence-corrected chi connectivity index (χ4v) is 5.71. The molecule has 2 atom stereocenters. The maximum atomic E-state index is 13.6. The van der Waals surface area contributed by atoms with Crippen LogP contribution in [0, 0.1) is 11.8 Å². The highest BCUT2D eigenvalue weighted by atomic mass is 16.5. The monoisotopic (exact) mass is 534 g/mol. The topological polar surface area (TPSA) is 119 Å².